The van der Waals surface area contributed by atoms with Crippen molar-refractivity contribution in [1.82, 2.24) is 10.3 Å². The first-order valence-electron chi connectivity index (χ1n) is 5.15. The van der Waals surface area contributed by atoms with Crippen LogP contribution >= 0.6 is 11.3 Å². The zero-order valence-electron chi connectivity index (χ0n) is 9.29. The number of carboxylic acid groups (broad SMARTS) is 1. The number of aromatic nitrogens is 1. The second-order valence-electron chi connectivity index (χ2n) is 3.56. The molecule has 0 aliphatic rings. The average molecular weight is 262 g/mol. The van der Waals surface area contributed by atoms with Gasteiger partial charge in [-0.05, 0) is 17.7 Å². The number of carbonyl (C=O) groups is 2. The molecule has 0 fully saturated rings. The van der Waals surface area contributed by atoms with Crippen LogP contribution in [-0.2, 0) is 6.54 Å². The van der Waals surface area contributed by atoms with Gasteiger partial charge < -0.3 is 10.4 Å². The second kappa shape index (κ2) is 5.42. The normalized spacial score (nSPS) is 10.0. The summed E-state index contributed by atoms with van der Waals surface area (Å²) in [5, 5.41) is 13.2. The van der Waals surface area contributed by atoms with Gasteiger partial charge in [0.2, 0.25) is 0 Å². The lowest BCUT2D eigenvalue weighted by atomic mass is 10.1. The van der Waals surface area contributed by atoms with Crippen LogP contribution < -0.4 is 5.32 Å². The van der Waals surface area contributed by atoms with Gasteiger partial charge >= 0.3 is 5.97 Å². The zero-order chi connectivity index (χ0) is 13.0. The van der Waals surface area contributed by atoms with Crippen LogP contribution in [0, 0.1) is 0 Å². The van der Waals surface area contributed by atoms with E-state index in [-0.39, 0.29) is 18.0 Å². The fourth-order valence-corrected chi connectivity index (χ4v) is 1.94. The van der Waals surface area contributed by atoms with Crippen molar-refractivity contribution in [2.45, 2.75) is 6.54 Å². The zero-order valence-corrected chi connectivity index (χ0v) is 10.1. The molecule has 1 aromatic heterocycles. The highest BCUT2D eigenvalue weighted by molar-refractivity contribution is 7.07. The van der Waals surface area contributed by atoms with Crippen LogP contribution in [-0.4, -0.2) is 22.0 Å². The van der Waals surface area contributed by atoms with E-state index in [0.717, 1.165) is 5.56 Å². The number of nitrogens with one attached hydrogen (secondary N) is 1. The predicted octanol–water partition coefficient (Wildman–Crippen LogP) is 1.77. The fourth-order valence-electron chi connectivity index (χ4n) is 1.41. The van der Waals surface area contributed by atoms with Gasteiger partial charge in [-0.3, -0.25) is 4.79 Å². The van der Waals surface area contributed by atoms with E-state index in [9.17, 15) is 9.59 Å². The van der Waals surface area contributed by atoms with E-state index < -0.39 is 5.97 Å². The second-order valence-corrected chi connectivity index (χ2v) is 4.28. The van der Waals surface area contributed by atoms with E-state index in [1.165, 1.54) is 23.5 Å². The van der Waals surface area contributed by atoms with E-state index in [1.54, 1.807) is 23.0 Å². The standard InChI is InChI=1S/C12H10N2O3S/c15-11(10-6-18-7-14-10)13-5-8-2-1-3-9(4-8)12(16)17/h1-4,6-7H,5H2,(H,13,15)(H,16,17). The first-order chi connectivity index (χ1) is 8.66. The number of carboxylic acids is 1. The predicted molar refractivity (Wildman–Crippen MR) is 66.7 cm³/mol. The molecular formula is C12H10N2O3S. The summed E-state index contributed by atoms with van der Waals surface area (Å²) in [6.45, 7) is 0.275. The summed E-state index contributed by atoms with van der Waals surface area (Å²) in [5.41, 5.74) is 2.89. The first kappa shape index (κ1) is 12.3. The molecule has 0 saturated heterocycles. The quantitative estimate of drug-likeness (QED) is 0.880. The third-order valence-corrected chi connectivity index (χ3v) is 2.88. The van der Waals surface area contributed by atoms with Crippen LogP contribution in [0.1, 0.15) is 26.4 Å². The molecule has 18 heavy (non-hydrogen) atoms. The van der Waals surface area contributed by atoms with Crippen LogP contribution in [0.5, 0.6) is 0 Å². The van der Waals surface area contributed by atoms with Crippen LogP contribution in [0.15, 0.2) is 35.2 Å². The van der Waals surface area contributed by atoms with Gasteiger partial charge in [-0.15, -0.1) is 11.3 Å². The Morgan fingerprint density at radius 2 is 2.22 bits per heavy atom. The SMILES string of the molecule is O=C(O)c1cccc(CNC(=O)c2cscn2)c1. The van der Waals surface area contributed by atoms with E-state index in [0.29, 0.717) is 5.69 Å². The van der Waals surface area contributed by atoms with Gasteiger partial charge in [0.1, 0.15) is 5.69 Å². The van der Waals surface area contributed by atoms with Crippen molar-refractivity contribution in [3.8, 4) is 0 Å². The Kier molecular flexibility index (Phi) is 3.69. The van der Waals surface area contributed by atoms with Gasteiger partial charge in [-0.2, -0.15) is 0 Å². The average Bonchev–Trinajstić information content (AvgIpc) is 2.90. The maximum absolute atomic E-state index is 11.6. The van der Waals surface area contributed by atoms with Gasteiger partial charge in [0.05, 0.1) is 11.1 Å². The molecule has 2 N–H and O–H groups in total. The Labute approximate surface area is 107 Å². The first-order valence-corrected chi connectivity index (χ1v) is 6.10. The van der Waals surface area contributed by atoms with Crippen LogP contribution in [0.4, 0.5) is 0 Å². The summed E-state index contributed by atoms with van der Waals surface area (Å²) < 4.78 is 0. The van der Waals surface area contributed by atoms with Gasteiger partial charge in [-0.1, -0.05) is 12.1 Å². The highest BCUT2D eigenvalue weighted by Crippen LogP contribution is 2.06. The van der Waals surface area contributed by atoms with Crippen molar-refractivity contribution in [1.29, 1.82) is 0 Å². The molecule has 0 unspecified atom stereocenters. The summed E-state index contributed by atoms with van der Waals surface area (Å²) in [4.78, 5) is 26.3. The van der Waals surface area contributed by atoms with Crippen molar-refractivity contribution < 1.29 is 14.7 Å². The summed E-state index contributed by atoms with van der Waals surface area (Å²) in [5.74, 6) is -1.25. The van der Waals surface area contributed by atoms with Gasteiger partial charge in [-0.25, -0.2) is 9.78 Å². The molecule has 1 amide bonds. The summed E-state index contributed by atoms with van der Waals surface area (Å²) in [6.07, 6.45) is 0. The van der Waals surface area contributed by atoms with Gasteiger partial charge in [0, 0.05) is 11.9 Å². The Morgan fingerprint density at radius 1 is 1.39 bits per heavy atom. The third-order valence-electron chi connectivity index (χ3n) is 2.29. The van der Waals surface area contributed by atoms with Crippen LogP contribution in [0.2, 0.25) is 0 Å². The summed E-state index contributed by atoms with van der Waals surface area (Å²) in [7, 11) is 0. The maximum atomic E-state index is 11.6. The number of benzene rings is 1. The number of hydrogen-bond acceptors (Lipinski definition) is 4. The topological polar surface area (TPSA) is 79.3 Å². The summed E-state index contributed by atoms with van der Waals surface area (Å²) in [6, 6.07) is 6.44. The summed E-state index contributed by atoms with van der Waals surface area (Å²) >= 11 is 1.35. The maximum Gasteiger partial charge on any atom is 0.335 e. The molecule has 2 aromatic rings. The van der Waals surface area contributed by atoms with Gasteiger partial charge in [0.25, 0.3) is 5.91 Å². The minimum atomic E-state index is -0.984. The van der Waals surface area contributed by atoms with Crippen LogP contribution in [0.3, 0.4) is 0 Å². The number of rotatable bonds is 4. The third kappa shape index (κ3) is 2.92. The van der Waals surface area contributed by atoms with Crippen molar-refractivity contribution in [3.63, 3.8) is 0 Å². The smallest absolute Gasteiger partial charge is 0.335 e. The molecule has 0 atom stereocenters. The van der Waals surface area contributed by atoms with Crippen molar-refractivity contribution >= 4 is 23.2 Å². The Balaban J connectivity index is 2.00. The molecule has 0 saturated carbocycles. The number of amides is 1. The molecule has 92 valence electrons. The molecule has 5 nitrogen and oxygen atoms in total. The number of nitrogens with zero attached hydrogens (tertiary/aromatic N) is 1. The highest BCUT2D eigenvalue weighted by atomic mass is 32.1. The lowest BCUT2D eigenvalue weighted by Gasteiger charge is -2.04. The molecule has 0 aliphatic carbocycles. The molecule has 0 bridgehead atoms. The number of aromatic carboxylic acids is 1. The molecule has 6 heteroatoms. The monoisotopic (exact) mass is 262 g/mol. The van der Waals surface area contributed by atoms with E-state index >= 15 is 0 Å². The van der Waals surface area contributed by atoms with Crippen molar-refractivity contribution in [3.05, 3.63) is 52.0 Å². The molecule has 0 spiro atoms. The highest BCUT2D eigenvalue weighted by Gasteiger charge is 2.08. The fraction of sp³-hybridized carbons (Fsp3) is 0.0833. The molecule has 0 radical (unpaired) electrons. The number of carbonyl (C=O) groups excluding carboxylic acids is 1. The Morgan fingerprint density at radius 3 is 2.89 bits per heavy atom. The van der Waals surface area contributed by atoms with Crippen molar-refractivity contribution in [2.75, 3.05) is 0 Å². The van der Waals surface area contributed by atoms with E-state index in [4.69, 9.17) is 5.11 Å². The lowest BCUT2D eigenvalue weighted by molar-refractivity contribution is 0.0696. The van der Waals surface area contributed by atoms with E-state index in [2.05, 4.69) is 10.3 Å². The molecule has 2 rings (SSSR count). The molecule has 1 aromatic carbocycles. The van der Waals surface area contributed by atoms with Gasteiger partial charge in [0.15, 0.2) is 0 Å². The lowest BCUT2D eigenvalue weighted by Crippen LogP contribution is -2.23. The number of thiazole rings is 1. The molecule has 1 heterocycles. The Bertz CT molecular complexity index is 566. The molecule has 0 aliphatic heterocycles. The van der Waals surface area contributed by atoms with Crippen molar-refractivity contribution in [2.24, 2.45) is 0 Å². The van der Waals surface area contributed by atoms with E-state index in [1.807, 2.05) is 0 Å². The minimum Gasteiger partial charge on any atom is -0.478 e. The largest absolute Gasteiger partial charge is 0.478 e. The van der Waals surface area contributed by atoms with Crippen LogP contribution in [0.25, 0.3) is 0 Å². The Hall–Kier alpha value is -2.21. The minimum absolute atomic E-state index is 0.204. The molecular weight excluding hydrogens is 252 g/mol. The number of hydrogen-bond donors (Lipinski definition) is 2.